The van der Waals surface area contributed by atoms with Crippen LogP contribution in [0, 0.1) is 4.64 Å². The molecular weight excluding hydrogens is 226 g/mol. The van der Waals surface area contributed by atoms with Crippen molar-refractivity contribution in [2.45, 2.75) is 39.0 Å². The standard InChI is InChI=1S/C10H17N3O2S/c1-4-10(5-2,9(14)15-6-3)7-8(16)12-13-11-7/h4-6H2,1-3H3,(H2,11,12,13,16). The van der Waals surface area contributed by atoms with E-state index in [2.05, 4.69) is 15.4 Å². The van der Waals surface area contributed by atoms with Crippen LogP contribution in [0.1, 0.15) is 39.3 Å². The highest BCUT2D eigenvalue weighted by molar-refractivity contribution is 7.71. The zero-order chi connectivity index (χ0) is 12.2. The number of ether oxygens (including phenoxy) is 1. The van der Waals surface area contributed by atoms with Gasteiger partial charge in [-0.2, -0.15) is 5.10 Å². The molecule has 6 heteroatoms. The Morgan fingerprint density at radius 3 is 2.44 bits per heavy atom. The van der Waals surface area contributed by atoms with Crippen LogP contribution in [0.15, 0.2) is 0 Å². The van der Waals surface area contributed by atoms with Crippen molar-refractivity contribution in [3.05, 3.63) is 10.3 Å². The molecule has 1 aromatic rings. The molecule has 1 rings (SSSR count). The van der Waals surface area contributed by atoms with Crippen molar-refractivity contribution in [2.24, 2.45) is 0 Å². The van der Waals surface area contributed by atoms with Gasteiger partial charge in [0.2, 0.25) is 0 Å². The van der Waals surface area contributed by atoms with Crippen LogP contribution >= 0.6 is 12.2 Å². The van der Waals surface area contributed by atoms with E-state index in [-0.39, 0.29) is 5.97 Å². The van der Waals surface area contributed by atoms with Crippen molar-refractivity contribution in [1.82, 2.24) is 15.4 Å². The Labute approximate surface area is 99.6 Å². The Balaban J connectivity index is 3.21. The van der Waals surface area contributed by atoms with E-state index in [0.717, 1.165) is 0 Å². The van der Waals surface area contributed by atoms with Gasteiger partial charge in [0.15, 0.2) is 0 Å². The number of nitrogens with zero attached hydrogens (tertiary/aromatic N) is 1. The third kappa shape index (κ3) is 2.02. The smallest absolute Gasteiger partial charge is 0.318 e. The second kappa shape index (κ2) is 5.25. The highest BCUT2D eigenvalue weighted by Gasteiger charge is 2.41. The van der Waals surface area contributed by atoms with Gasteiger partial charge >= 0.3 is 5.97 Å². The molecule has 0 aromatic carbocycles. The van der Waals surface area contributed by atoms with E-state index in [1.807, 2.05) is 13.8 Å². The molecule has 0 aliphatic heterocycles. The number of nitrogens with one attached hydrogen (secondary N) is 2. The molecule has 0 atom stereocenters. The molecule has 0 radical (unpaired) electrons. The first kappa shape index (κ1) is 12.9. The lowest BCUT2D eigenvalue weighted by Gasteiger charge is -2.26. The SMILES string of the molecule is CCOC(=O)C(CC)(CC)c1n[nH][nH]c1=S. The van der Waals surface area contributed by atoms with Crippen LogP contribution in [0.4, 0.5) is 0 Å². The van der Waals surface area contributed by atoms with Crippen LogP contribution in [-0.4, -0.2) is 28.0 Å². The van der Waals surface area contributed by atoms with E-state index in [0.29, 0.717) is 29.8 Å². The molecule has 0 bridgehead atoms. The Morgan fingerprint density at radius 2 is 2.06 bits per heavy atom. The molecule has 90 valence electrons. The lowest BCUT2D eigenvalue weighted by atomic mass is 9.79. The summed E-state index contributed by atoms with van der Waals surface area (Å²) in [5, 5.41) is 9.34. The molecule has 2 N–H and O–H groups in total. The maximum absolute atomic E-state index is 12.0. The highest BCUT2D eigenvalue weighted by atomic mass is 32.1. The summed E-state index contributed by atoms with van der Waals surface area (Å²) in [4.78, 5) is 12.0. The van der Waals surface area contributed by atoms with E-state index < -0.39 is 5.41 Å². The predicted molar refractivity (Wildman–Crippen MR) is 62.7 cm³/mol. The zero-order valence-electron chi connectivity index (χ0n) is 9.79. The highest BCUT2D eigenvalue weighted by Crippen LogP contribution is 2.31. The number of hydrogen-bond donors (Lipinski definition) is 2. The van der Waals surface area contributed by atoms with Gasteiger partial charge < -0.3 is 4.74 Å². The van der Waals surface area contributed by atoms with Crippen molar-refractivity contribution >= 4 is 18.2 Å². The molecule has 1 aromatic heterocycles. The van der Waals surface area contributed by atoms with Crippen LogP contribution < -0.4 is 0 Å². The maximum atomic E-state index is 12.0. The summed E-state index contributed by atoms with van der Waals surface area (Å²) in [6.07, 6.45) is 1.23. The van der Waals surface area contributed by atoms with Gasteiger partial charge in [-0.05, 0) is 19.8 Å². The number of H-pyrrole nitrogens is 2. The van der Waals surface area contributed by atoms with E-state index in [4.69, 9.17) is 17.0 Å². The van der Waals surface area contributed by atoms with Crippen LogP contribution in [0.2, 0.25) is 0 Å². The third-order valence-electron chi connectivity index (χ3n) is 2.88. The van der Waals surface area contributed by atoms with Gasteiger partial charge in [-0.3, -0.25) is 9.89 Å². The molecule has 0 unspecified atom stereocenters. The van der Waals surface area contributed by atoms with Crippen LogP contribution in [0.25, 0.3) is 0 Å². The van der Waals surface area contributed by atoms with E-state index >= 15 is 0 Å². The second-order valence-electron chi connectivity index (χ2n) is 3.54. The number of aromatic nitrogens is 3. The maximum Gasteiger partial charge on any atom is 0.318 e. The zero-order valence-corrected chi connectivity index (χ0v) is 10.6. The van der Waals surface area contributed by atoms with Gasteiger partial charge in [-0.15, -0.1) is 0 Å². The Bertz CT molecular complexity index is 406. The minimum absolute atomic E-state index is 0.258. The molecule has 0 spiro atoms. The van der Waals surface area contributed by atoms with Gasteiger partial charge in [-0.1, -0.05) is 26.1 Å². The van der Waals surface area contributed by atoms with Crippen LogP contribution in [0.5, 0.6) is 0 Å². The van der Waals surface area contributed by atoms with Gasteiger partial charge in [0, 0.05) is 0 Å². The monoisotopic (exact) mass is 243 g/mol. The molecule has 0 aliphatic rings. The van der Waals surface area contributed by atoms with Crippen molar-refractivity contribution in [3.8, 4) is 0 Å². The van der Waals surface area contributed by atoms with Crippen molar-refractivity contribution in [1.29, 1.82) is 0 Å². The number of carbonyl (C=O) groups excluding carboxylic acids is 1. The predicted octanol–water partition coefficient (Wildman–Crippen LogP) is 2.09. The largest absolute Gasteiger partial charge is 0.465 e. The molecule has 5 nitrogen and oxygen atoms in total. The van der Waals surface area contributed by atoms with E-state index in [1.165, 1.54) is 0 Å². The lowest BCUT2D eigenvalue weighted by molar-refractivity contribution is -0.150. The van der Waals surface area contributed by atoms with Crippen molar-refractivity contribution < 1.29 is 9.53 Å². The molecule has 0 fully saturated rings. The number of aromatic amines is 2. The molecule has 16 heavy (non-hydrogen) atoms. The molecule has 0 aliphatic carbocycles. The number of esters is 1. The summed E-state index contributed by atoms with van der Waals surface area (Å²) in [5.41, 5.74) is -0.158. The van der Waals surface area contributed by atoms with Crippen LogP contribution in [-0.2, 0) is 14.9 Å². The summed E-state index contributed by atoms with van der Waals surface area (Å²) >= 11 is 5.11. The van der Waals surface area contributed by atoms with Crippen molar-refractivity contribution in [2.75, 3.05) is 6.61 Å². The van der Waals surface area contributed by atoms with Gasteiger partial charge in [0.05, 0.1) is 6.61 Å². The fraction of sp³-hybridized carbons (Fsp3) is 0.700. The lowest BCUT2D eigenvalue weighted by Crippen LogP contribution is -2.37. The minimum atomic E-state index is -0.733. The van der Waals surface area contributed by atoms with Gasteiger partial charge in [0.1, 0.15) is 15.7 Å². The Morgan fingerprint density at radius 1 is 1.44 bits per heavy atom. The Hall–Kier alpha value is -1.17. The van der Waals surface area contributed by atoms with E-state index in [1.54, 1.807) is 6.92 Å². The summed E-state index contributed by atoms with van der Waals surface area (Å²) in [6.45, 7) is 6.02. The van der Waals surface area contributed by atoms with Gasteiger partial charge in [-0.25, -0.2) is 5.21 Å². The molecule has 0 saturated carbocycles. The first-order valence-corrected chi connectivity index (χ1v) is 5.83. The minimum Gasteiger partial charge on any atom is -0.465 e. The quantitative estimate of drug-likeness (QED) is 0.613. The number of hydrogen-bond acceptors (Lipinski definition) is 4. The normalized spacial score (nSPS) is 11.4. The Kier molecular flexibility index (Phi) is 4.23. The third-order valence-corrected chi connectivity index (χ3v) is 3.17. The number of carbonyl (C=O) groups is 1. The first-order chi connectivity index (χ1) is 7.62. The van der Waals surface area contributed by atoms with Crippen molar-refractivity contribution in [3.63, 3.8) is 0 Å². The van der Waals surface area contributed by atoms with E-state index in [9.17, 15) is 4.79 Å². The van der Waals surface area contributed by atoms with Gasteiger partial charge in [0.25, 0.3) is 0 Å². The first-order valence-electron chi connectivity index (χ1n) is 5.43. The average molecular weight is 243 g/mol. The molecule has 0 saturated heterocycles. The topological polar surface area (TPSA) is 70.8 Å². The molecule has 1 heterocycles. The fourth-order valence-corrected chi connectivity index (χ4v) is 2.10. The average Bonchev–Trinajstić information content (AvgIpc) is 2.69. The second-order valence-corrected chi connectivity index (χ2v) is 3.94. The molecule has 0 amide bonds. The van der Waals surface area contributed by atoms with Crippen LogP contribution in [0.3, 0.4) is 0 Å². The summed E-state index contributed by atoms with van der Waals surface area (Å²) in [5.74, 6) is -0.258. The fourth-order valence-electron chi connectivity index (χ4n) is 1.81. The summed E-state index contributed by atoms with van der Waals surface area (Å²) < 4.78 is 5.58. The summed E-state index contributed by atoms with van der Waals surface area (Å²) in [7, 11) is 0. The number of rotatable bonds is 5. The molecular formula is C10H17N3O2S. The summed E-state index contributed by atoms with van der Waals surface area (Å²) in [6, 6.07) is 0.